The Labute approximate surface area is 204 Å². The molecule has 5 rings (SSSR count). The third-order valence-corrected chi connectivity index (χ3v) is 12.4. The fourth-order valence-corrected chi connectivity index (χ4v) is 9.68. The molecule has 4 heteroatoms. The number of ketones is 2. The molecule has 0 aliphatic heterocycles. The predicted molar refractivity (Wildman–Crippen MR) is 132 cm³/mol. The van der Waals surface area contributed by atoms with Gasteiger partial charge in [0, 0.05) is 16.7 Å². The first-order chi connectivity index (χ1) is 15.6. The molecule has 0 amide bonds. The molecule has 0 aromatic rings. The number of rotatable bonds is 1. The molecule has 0 saturated heterocycles. The van der Waals surface area contributed by atoms with Crippen molar-refractivity contribution in [3.05, 3.63) is 23.8 Å². The van der Waals surface area contributed by atoms with E-state index in [0.29, 0.717) is 12.8 Å². The van der Waals surface area contributed by atoms with Crippen molar-refractivity contribution in [3.8, 4) is 0 Å². The van der Waals surface area contributed by atoms with Crippen LogP contribution in [0.15, 0.2) is 23.8 Å². The molecule has 0 bridgehead atoms. The number of hydrogen-bond donors (Lipinski definition) is 1. The van der Waals surface area contributed by atoms with Crippen LogP contribution < -0.4 is 0 Å². The zero-order valence-electron chi connectivity index (χ0n) is 22.1. The third kappa shape index (κ3) is 2.69. The van der Waals surface area contributed by atoms with Gasteiger partial charge in [0.15, 0.2) is 11.6 Å². The number of allylic oxidation sites excluding steroid dienone is 4. The topological polar surface area (TPSA) is 71.4 Å². The van der Waals surface area contributed by atoms with Gasteiger partial charge in [0.05, 0.1) is 5.41 Å². The van der Waals surface area contributed by atoms with Gasteiger partial charge in [-0.05, 0) is 92.1 Å². The minimum Gasteiger partial charge on any atom is -0.481 e. The van der Waals surface area contributed by atoms with Gasteiger partial charge in [-0.25, -0.2) is 0 Å². The Morgan fingerprint density at radius 3 is 2.24 bits per heavy atom. The van der Waals surface area contributed by atoms with Crippen molar-refractivity contribution in [3.63, 3.8) is 0 Å². The summed E-state index contributed by atoms with van der Waals surface area (Å²) < 4.78 is 0. The number of carbonyl (C=O) groups excluding carboxylic acids is 2. The molecule has 5 aliphatic rings. The second-order valence-electron chi connectivity index (χ2n) is 14.3. The van der Waals surface area contributed by atoms with Crippen LogP contribution in [0, 0.1) is 50.2 Å². The number of fused-ring (bicyclic) bond motifs is 7. The number of carboxylic acid groups (broad SMARTS) is 1. The van der Waals surface area contributed by atoms with Gasteiger partial charge in [-0.2, -0.15) is 0 Å². The van der Waals surface area contributed by atoms with Crippen LogP contribution in [-0.4, -0.2) is 22.6 Å². The van der Waals surface area contributed by atoms with Crippen molar-refractivity contribution in [2.24, 2.45) is 50.2 Å². The summed E-state index contributed by atoms with van der Waals surface area (Å²) in [6.45, 7) is 15.3. The summed E-state index contributed by atoms with van der Waals surface area (Å²) in [5.74, 6) is -0.210. The molecule has 0 heterocycles. The lowest BCUT2D eigenvalue weighted by molar-refractivity contribution is -0.171. The van der Waals surface area contributed by atoms with Gasteiger partial charge < -0.3 is 5.11 Å². The molecule has 2 unspecified atom stereocenters. The summed E-state index contributed by atoms with van der Waals surface area (Å²) in [7, 11) is 0. The number of aliphatic carboxylic acids is 1. The summed E-state index contributed by atoms with van der Waals surface area (Å²) in [5.41, 5.74) is -0.606. The molecule has 0 radical (unpaired) electrons. The van der Waals surface area contributed by atoms with Gasteiger partial charge in [0.2, 0.25) is 0 Å². The van der Waals surface area contributed by atoms with E-state index >= 15 is 0 Å². The summed E-state index contributed by atoms with van der Waals surface area (Å²) >= 11 is 0. The highest BCUT2D eigenvalue weighted by Gasteiger charge is 2.69. The maximum atomic E-state index is 14.1. The summed E-state index contributed by atoms with van der Waals surface area (Å²) in [6, 6.07) is 0. The van der Waals surface area contributed by atoms with Gasteiger partial charge in [-0.3, -0.25) is 14.4 Å². The summed E-state index contributed by atoms with van der Waals surface area (Å²) in [5, 5.41) is 10.0. The van der Waals surface area contributed by atoms with Crippen molar-refractivity contribution in [1.82, 2.24) is 0 Å². The Balaban J connectivity index is 1.65. The lowest BCUT2D eigenvalue weighted by atomic mass is 9.34. The maximum Gasteiger partial charge on any atom is 0.309 e. The van der Waals surface area contributed by atoms with E-state index < -0.39 is 16.8 Å². The summed E-state index contributed by atoms with van der Waals surface area (Å²) in [4.78, 5) is 39.2. The largest absolute Gasteiger partial charge is 0.481 e. The summed E-state index contributed by atoms with van der Waals surface area (Å²) in [6.07, 6.45) is 12.0. The standard InChI is InChI=1S/C30H42O4/c1-25(2)21-8-11-30(7)23(28(21,5)10-9-22(25)32)20(31)16-18-19-17-27(4,24(33)34)13-12-26(19,3)14-15-29(18,30)6/h9-10,16,19,21,23H,8,11-15,17H2,1-7H3,(H,33,34)/t19-,21?,23-,26-,27?,28+,29-,30-/m1/s1. The van der Waals surface area contributed by atoms with Crippen LogP contribution >= 0.6 is 0 Å². The Hall–Kier alpha value is -1.71. The van der Waals surface area contributed by atoms with Crippen molar-refractivity contribution in [2.75, 3.05) is 0 Å². The average molecular weight is 467 g/mol. The first-order valence-electron chi connectivity index (χ1n) is 13.3. The molecule has 0 spiro atoms. The molecule has 3 fully saturated rings. The second-order valence-corrected chi connectivity index (χ2v) is 14.3. The monoisotopic (exact) mass is 466 g/mol. The average Bonchev–Trinajstić information content (AvgIpc) is 2.73. The number of carboxylic acids is 1. The van der Waals surface area contributed by atoms with Gasteiger partial charge in [-0.15, -0.1) is 0 Å². The molecule has 1 N–H and O–H groups in total. The van der Waals surface area contributed by atoms with E-state index in [2.05, 4.69) is 47.6 Å². The first kappa shape index (κ1) is 24.0. The minimum atomic E-state index is -0.732. The van der Waals surface area contributed by atoms with E-state index in [1.165, 1.54) is 5.57 Å². The normalized spacial score (nSPS) is 51.5. The molecule has 0 aromatic heterocycles. The van der Waals surface area contributed by atoms with E-state index in [0.717, 1.165) is 32.1 Å². The molecule has 186 valence electrons. The Bertz CT molecular complexity index is 1050. The van der Waals surface area contributed by atoms with Crippen molar-refractivity contribution < 1.29 is 19.5 Å². The van der Waals surface area contributed by atoms with Crippen LogP contribution in [0.3, 0.4) is 0 Å². The molecular formula is C30H42O4. The Kier molecular flexibility index (Phi) is 4.75. The zero-order chi connectivity index (χ0) is 25.1. The van der Waals surface area contributed by atoms with Gasteiger partial charge in [0.1, 0.15) is 0 Å². The Morgan fingerprint density at radius 2 is 1.59 bits per heavy atom. The molecule has 34 heavy (non-hydrogen) atoms. The third-order valence-electron chi connectivity index (χ3n) is 12.4. The van der Waals surface area contributed by atoms with Crippen LogP contribution in [0.1, 0.15) is 93.4 Å². The van der Waals surface area contributed by atoms with E-state index in [4.69, 9.17) is 0 Å². The van der Waals surface area contributed by atoms with Crippen LogP contribution in [0.25, 0.3) is 0 Å². The molecule has 8 atom stereocenters. The van der Waals surface area contributed by atoms with Crippen LogP contribution in [0.5, 0.6) is 0 Å². The zero-order valence-corrected chi connectivity index (χ0v) is 22.1. The maximum absolute atomic E-state index is 14.1. The minimum absolute atomic E-state index is 0.0596. The van der Waals surface area contributed by atoms with Crippen LogP contribution in [0.2, 0.25) is 0 Å². The molecule has 3 saturated carbocycles. The van der Waals surface area contributed by atoms with Crippen molar-refractivity contribution >= 4 is 17.5 Å². The number of hydrogen-bond acceptors (Lipinski definition) is 3. The lowest BCUT2D eigenvalue weighted by Gasteiger charge is -2.69. The highest BCUT2D eigenvalue weighted by molar-refractivity contribution is 5.99. The molecule has 0 aromatic carbocycles. The number of carbonyl (C=O) groups is 3. The van der Waals surface area contributed by atoms with E-state index in [-0.39, 0.29) is 51.0 Å². The SMILES string of the molecule is CC1(C(=O)O)CC[C@]2(C)CC[C@]3(C)C(=CC(=O)[C@@H]4[C@@]5(C)C=CC(=O)C(C)(C)C5CC[C@]43C)[C@H]2C1. The molecule has 4 nitrogen and oxygen atoms in total. The first-order valence-corrected chi connectivity index (χ1v) is 13.3. The van der Waals surface area contributed by atoms with Crippen LogP contribution in [0.4, 0.5) is 0 Å². The highest BCUT2D eigenvalue weighted by Crippen LogP contribution is 2.74. The van der Waals surface area contributed by atoms with Gasteiger partial charge in [-0.1, -0.05) is 53.2 Å². The second kappa shape index (κ2) is 6.73. The predicted octanol–water partition coefficient (Wildman–Crippen LogP) is 6.40. The van der Waals surface area contributed by atoms with E-state index in [1.807, 2.05) is 13.0 Å². The highest BCUT2D eigenvalue weighted by atomic mass is 16.4. The fraction of sp³-hybridized carbons (Fsp3) is 0.767. The quantitative estimate of drug-likeness (QED) is 0.485. The van der Waals surface area contributed by atoms with Crippen molar-refractivity contribution in [2.45, 2.75) is 93.4 Å². The van der Waals surface area contributed by atoms with E-state index in [1.54, 1.807) is 6.08 Å². The van der Waals surface area contributed by atoms with Gasteiger partial charge in [0.25, 0.3) is 0 Å². The van der Waals surface area contributed by atoms with Crippen molar-refractivity contribution in [1.29, 1.82) is 0 Å². The smallest absolute Gasteiger partial charge is 0.309 e. The lowest BCUT2D eigenvalue weighted by Crippen LogP contribution is -2.65. The molecule has 5 aliphatic carbocycles. The fourth-order valence-electron chi connectivity index (χ4n) is 9.68. The Morgan fingerprint density at radius 1 is 0.941 bits per heavy atom. The van der Waals surface area contributed by atoms with Crippen LogP contribution in [-0.2, 0) is 14.4 Å². The van der Waals surface area contributed by atoms with Gasteiger partial charge >= 0.3 is 5.97 Å². The molecular weight excluding hydrogens is 424 g/mol. The van der Waals surface area contributed by atoms with E-state index in [9.17, 15) is 19.5 Å².